The summed E-state index contributed by atoms with van der Waals surface area (Å²) in [6, 6.07) is 18.1. The van der Waals surface area contributed by atoms with Gasteiger partial charge in [0.25, 0.3) is 5.69 Å². The molecular formula is C29H24N4O5. The van der Waals surface area contributed by atoms with E-state index in [-0.39, 0.29) is 23.1 Å². The number of rotatable bonds is 3. The first kappa shape index (κ1) is 22.8. The minimum atomic E-state index is -1.45. The van der Waals surface area contributed by atoms with E-state index >= 15 is 0 Å². The van der Waals surface area contributed by atoms with Gasteiger partial charge in [0, 0.05) is 40.7 Å². The summed E-state index contributed by atoms with van der Waals surface area (Å²) in [7, 11) is 0. The van der Waals surface area contributed by atoms with Crippen molar-refractivity contribution in [1.29, 1.82) is 0 Å². The number of hydrogen-bond acceptors (Lipinski definition) is 6. The van der Waals surface area contributed by atoms with Crippen molar-refractivity contribution >= 4 is 34.7 Å². The number of nitro groups is 1. The number of non-ortho nitro benzene ring substituents is 1. The second-order valence-electron chi connectivity index (χ2n) is 10.5. The number of carbonyl (C=O) groups is 3. The van der Waals surface area contributed by atoms with Crippen LogP contribution >= 0.6 is 0 Å². The lowest BCUT2D eigenvalue weighted by molar-refractivity contribution is -0.384. The van der Waals surface area contributed by atoms with Crippen molar-refractivity contribution < 1.29 is 19.3 Å². The van der Waals surface area contributed by atoms with Crippen molar-refractivity contribution in [1.82, 2.24) is 4.90 Å². The van der Waals surface area contributed by atoms with E-state index in [4.69, 9.17) is 0 Å². The molecule has 0 radical (unpaired) electrons. The maximum absolute atomic E-state index is 14.8. The predicted octanol–water partition coefficient (Wildman–Crippen LogP) is 3.92. The van der Waals surface area contributed by atoms with Gasteiger partial charge in [0.2, 0.25) is 11.8 Å². The van der Waals surface area contributed by atoms with Gasteiger partial charge in [-0.2, -0.15) is 0 Å². The lowest BCUT2D eigenvalue weighted by Crippen LogP contribution is -2.55. The molecule has 7 rings (SSSR count). The molecule has 0 saturated carbocycles. The first-order valence-corrected chi connectivity index (χ1v) is 12.7. The standard InChI is InChI=1S/C29H24N4O5/c1-16-7-4-11-20-23(16)31-27(36)29(20)25(24(34)17-8-5-9-18(15-17)33(37)38)28(22-13-6-14-32(22)29)19-10-2-3-12-21(19)30-26(28)35/h2-5,7-12,15,22,25H,6,13-14H2,1H3,(H,30,35)(H,31,36)/t22-,25-,28+,29+/m1/s1. The van der Waals surface area contributed by atoms with E-state index in [9.17, 15) is 24.5 Å². The molecule has 2 N–H and O–H groups in total. The molecule has 2 fully saturated rings. The molecule has 3 aromatic carbocycles. The van der Waals surface area contributed by atoms with Gasteiger partial charge >= 0.3 is 0 Å². The van der Waals surface area contributed by atoms with Gasteiger partial charge in [0.1, 0.15) is 11.0 Å². The Morgan fingerprint density at radius 1 is 1.00 bits per heavy atom. The first-order chi connectivity index (χ1) is 18.3. The van der Waals surface area contributed by atoms with Crippen LogP contribution in [0.2, 0.25) is 0 Å². The summed E-state index contributed by atoms with van der Waals surface area (Å²) in [4.78, 5) is 56.4. The molecule has 4 aliphatic heterocycles. The van der Waals surface area contributed by atoms with Crippen LogP contribution in [0.3, 0.4) is 0 Å². The fourth-order valence-electron chi connectivity index (χ4n) is 7.66. The molecule has 0 aliphatic carbocycles. The first-order valence-electron chi connectivity index (χ1n) is 12.7. The number of nitrogens with zero attached hydrogens (tertiary/aromatic N) is 2. The summed E-state index contributed by atoms with van der Waals surface area (Å²) in [6.45, 7) is 2.45. The fourth-order valence-corrected chi connectivity index (χ4v) is 7.66. The van der Waals surface area contributed by atoms with E-state index < -0.39 is 33.6 Å². The molecule has 3 aromatic rings. The van der Waals surface area contributed by atoms with Gasteiger partial charge in [-0.25, -0.2) is 0 Å². The van der Waals surface area contributed by atoms with E-state index in [1.807, 2.05) is 49.4 Å². The minimum absolute atomic E-state index is 0.107. The Labute approximate surface area is 218 Å². The Kier molecular flexibility index (Phi) is 4.55. The second kappa shape index (κ2) is 7.58. The van der Waals surface area contributed by atoms with Crippen LogP contribution in [0.15, 0.2) is 66.7 Å². The van der Waals surface area contributed by atoms with Crippen molar-refractivity contribution in [2.75, 3.05) is 17.2 Å². The highest BCUT2D eigenvalue weighted by atomic mass is 16.6. The number of amides is 2. The van der Waals surface area contributed by atoms with Crippen molar-refractivity contribution in [2.45, 2.75) is 36.8 Å². The molecule has 9 nitrogen and oxygen atoms in total. The molecule has 190 valence electrons. The third-order valence-electron chi connectivity index (χ3n) is 8.97. The topological polar surface area (TPSA) is 122 Å². The van der Waals surface area contributed by atoms with E-state index in [0.717, 1.165) is 12.0 Å². The summed E-state index contributed by atoms with van der Waals surface area (Å²) in [5.74, 6) is -2.26. The average molecular weight is 509 g/mol. The number of fused-ring (bicyclic) bond motifs is 7. The zero-order valence-electron chi connectivity index (χ0n) is 20.6. The Balaban J connectivity index is 1.58. The minimum Gasteiger partial charge on any atom is -0.325 e. The van der Waals surface area contributed by atoms with Crippen LogP contribution in [0.25, 0.3) is 0 Å². The summed E-state index contributed by atoms with van der Waals surface area (Å²) in [6.07, 6.45) is 1.41. The largest absolute Gasteiger partial charge is 0.325 e. The van der Waals surface area contributed by atoms with Crippen LogP contribution in [0, 0.1) is 23.0 Å². The number of carbonyl (C=O) groups excluding carboxylic acids is 3. The number of aryl methyl sites for hydroxylation is 1. The number of anilines is 2. The van der Waals surface area contributed by atoms with Crippen LogP contribution in [0.4, 0.5) is 17.1 Å². The summed E-state index contributed by atoms with van der Waals surface area (Å²) in [5, 5.41) is 17.6. The maximum Gasteiger partial charge on any atom is 0.270 e. The third kappa shape index (κ3) is 2.51. The summed E-state index contributed by atoms with van der Waals surface area (Å²) < 4.78 is 0. The molecule has 2 amide bonds. The van der Waals surface area contributed by atoms with Crippen molar-refractivity contribution in [3.05, 3.63) is 99.1 Å². The molecule has 2 spiro atoms. The number of ketones is 1. The Hall–Kier alpha value is -4.37. The highest BCUT2D eigenvalue weighted by Crippen LogP contribution is 2.66. The van der Waals surface area contributed by atoms with Gasteiger partial charge in [-0.1, -0.05) is 48.5 Å². The molecular weight excluding hydrogens is 484 g/mol. The molecule has 2 saturated heterocycles. The molecule has 38 heavy (non-hydrogen) atoms. The lowest BCUT2D eigenvalue weighted by Gasteiger charge is -2.38. The molecule has 0 aromatic heterocycles. The van der Waals surface area contributed by atoms with Crippen molar-refractivity contribution in [2.24, 2.45) is 5.92 Å². The van der Waals surface area contributed by atoms with Crippen LogP contribution in [0.5, 0.6) is 0 Å². The van der Waals surface area contributed by atoms with Crippen LogP contribution in [0.1, 0.15) is 39.9 Å². The van der Waals surface area contributed by atoms with Gasteiger partial charge in [-0.3, -0.25) is 29.4 Å². The number of para-hydroxylation sites is 2. The highest BCUT2D eigenvalue weighted by molar-refractivity contribution is 6.19. The zero-order valence-corrected chi connectivity index (χ0v) is 20.6. The lowest BCUT2D eigenvalue weighted by atomic mass is 9.60. The van der Waals surface area contributed by atoms with Gasteiger partial charge in [-0.15, -0.1) is 0 Å². The third-order valence-corrected chi connectivity index (χ3v) is 8.97. The molecule has 4 aliphatic rings. The molecule has 0 unspecified atom stereocenters. The SMILES string of the molecule is Cc1cccc2c1NC(=O)[C@@]21[C@H](C(=O)c2cccc([N+](=O)[O-])c2)[C@@]2(C(=O)Nc3ccccc32)[C@H]2CCCN21. The Morgan fingerprint density at radius 3 is 2.58 bits per heavy atom. The summed E-state index contributed by atoms with van der Waals surface area (Å²) >= 11 is 0. The van der Waals surface area contributed by atoms with E-state index in [1.165, 1.54) is 24.3 Å². The van der Waals surface area contributed by atoms with E-state index in [2.05, 4.69) is 15.5 Å². The average Bonchev–Trinajstić information content (AvgIpc) is 3.63. The molecule has 4 heterocycles. The normalized spacial score (nSPS) is 28.8. The molecule has 0 bridgehead atoms. The van der Waals surface area contributed by atoms with Crippen molar-refractivity contribution in [3.63, 3.8) is 0 Å². The van der Waals surface area contributed by atoms with Crippen LogP contribution in [-0.2, 0) is 20.5 Å². The number of hydrogen-bond donors (Lipinski definition) is 2. The number of Topliss-reactive ketones (excluding diaryl/α,β-unsaturated/α-hetero) is 1. The maximum atomic E-state index is 14.8. The second-order valence-corrected chi connectivity index (χ2v) is 10.5. The Morgan fingerprint density at radius 2 is 1.76 bits per heavy atom. The predicted molar refractivity (Wildman–Crippen MR) is 139 cm³/mol. The fraction of sp³-hybridized carbons (Fsp3) is 0.276. The smallest absolute Gasteiger partial charge is 0.270 e. The van der Waals surface area contributed by atoms with Gasteiger partial charge < -0.3 is 10.6 Å². The number of benzene rings is 3. The number of nitro benzene ring substituents is 1. The van der Waals surface area contributed by atoms with E-state index in [0.29, 0.717) is 35.5 Å². The highest BCUT2D eigenvalue weighted by Gasteiger charge is 2.78. The summed E-state index contributed by atoms with van der Waals surface area (Å²) in [5.41, 5.74) is 0.600. The van der Waals surface area contributed by atoms with Crippen LogP contribution < -0.4 is 10.6 Å². The molecule has 4 atom stereocenters. The Bertz CT molecular complexity index is 1600. The van der Waals surface area contributed by atoms with Gasteiger partial charge in [0.15, 0.2) is 5.78 Å². The quantitative estimate of drug-likeness (QED) is 0.314. The van der Waals surface area contributed by atoms with Crippen LogP contribution in [-0.4, -0.2) is 40.0 Å². The number of nitrogens with one attached hydrogen (secondary N) is 2. The monoisotopic (exact) mass is 508 g/mol. The van der Waals surface area contributed by atoms with Crippen molar-refractivity contribution in [3.8, 4) is 0 Å². The van der Waals surface area contributed by atoms with Gasteiger partial charge in [0.05, 0.1) is 10.8 Å². The molecule has 9 heteroatoms. The van der Waals surface area contributed by atoms with Gasteiger partial charge in [-0.05, 0) is 43.5 Å². The zero-order chi connectivity index (χ0) is 26.4. The van der Waals surface area contributed by atoms with E-state index in [1.54, 1.807) is 0 Å².